The highest BCUT2D eigenvalue weighted by atomic mass is 15.3. The van der Waals surface area contributed by atoms with Crippen molar-refractivity contribution in [1.29, 1.82) is 0 Å². The minimum absolute atomic E-state index is 0.653. The van der Waals surface area contributed by atoms with E-state index in [1.807, 2.05) is 0 Å². The molecule has 19 heavy (non-hydrogen) atoms. The molecular weight excluding hydrogens is 234 g/mol. The molecule has 0 saturated carbocycles. The fourth-order valence-corrected chi connectivity index (χ4v) is 3.36. The molecule has 1 aromatic carbocycles. The Morgan fingerprint density at radius 3 is 2.68 bits per heavy atom. The van der Waals surface area contributed by atoms with Crippen molar-refractivity contribution in [2.24, 2.45) is 0 Å². The molecule has 2 unspecified atom stereocenters. The molecule has 2 heterocycles. The monoisotopic (exact) mass is 259 g/mol. The normalized spacial score (nSPS) is 28.2. The van der Waals surface area contributed by atoms with E-state index in [0.29, 0.717) is 12.1 Å². The van der Waals surface area contributed by atoms with Gasteiger partial charge in [-0.2, -0.15) is 0 Å². The second-order valence-corrected chi connectivity index (χ2v) is 6.23. The smallest absolute Gasteiger partial charge is 0.0373 e. The van der Waals surface area contributed by atoms with Gasteiger partial charge in [-0.15, -0.1) is 0 Å². The van der Waals surface area contributed by atoms with E-state index >= 15 is 0 Å². The first-order valence-electron chi connectivity index (χ1n) is 7.43. The van der Waals surface area contributed by atoms with Crippen LogP contribution >= 0.6 is 0 Å². The minimum Gasteiger partial charge on any atom is -0.384 e. The molecule has 2 aliphatic rings. The van der Waals surface area contributed by atoms with E-state index in [4.69, 9.17) is 0 Å². The quantitative estimate of drug-likeness (QED) is 0.878. The predicted octanol–water partition coefficient (Wildman–Crippen LogP) is 2.18. The highest BCUT2D eigenvalue weighted by molar-refractivity contribution is 5.56. The molecule has 0 aromatic heterocycles. The maximum Gasteiger partial charge on any atom is 0.0373 e. The van der Waals surface area contributed by atoms with Gasteiger partial charge in [0.1, 0.15) is 0 Å². The average molecular weight is 259 g/mol. The van der Waals surface area contributed by atoms with Crippen LogP contribution < -0.4 is 5.32 Å². The van der Waals surface area contributed by atoms with Gasteiger partial charge in [-0.1, -0.05) is 12.1 Å². The molecular formula is C16H25N3. The average Bonchev–Trinajstić information content (AvgIpc) is 2.83. The molecule has 0 radical (unpaired) electrons. The molecule has 1 N–H and O–H groups in total. The zero-order valence-corrected chi connectivity index (χ0v) is 12.3. The van der Waals surface area contributed by atoms with Crippen molar-refractivity contribution in [3.8, 4) is 0 Å². The fourth-order valence-electron chi connectivity index (χ4n) is 3.36. The summed E-state index contributed by atoms with van der Waals surface area (Å²) in [5.74, 6) is 0. The molecule has 0 amide bonds. The third kappa shape index (κ3) is 2.63. The molecule has 2 atom stereocenters. The molecule has 0 bridgehead atoms. The van der Waals surface area contributed by atoms with Crippen LogP contribution in [0.3, 0.4) is 0 Å². The van der Waals surface area contributed by atoms with Crippen molar-refractivity contribution in [3.63, 3.8) is 0 Å². The number of fused-ring (bicyclic) bond motifs is 1. The zero-order valence-electron chi connectivity index (χ0n) is 12.3. The largest absolute Gasteiger partial charge is 0.384 e. The van der Waals surface area contributed by atoms with Gasteiger partial charge in [0.05, 0.1) is 0 Å². The molecule has 1 fully saturated rings. The number of nitrogens with one attached hydrogen (secondary N) is 1. The highest BCUT2D eigenvalue weighted by Gasteiger charge is 2.26. The van der Waals surface area contributed by atoms with Crippen molar-refractivity contribution in [2.75, 3.05) is 32.0 Å². The summed E-state index contributed by atoms with van der Waals surface area (Å²) in [5.41, 5.74) is 4.29. The number of anilines is 1. The van der Waals surface area contributed by atoms with Gasteiger partial charge in [0.25, 0.3) is 0 Å². The van der Waals surface area contributed by atoms with E-state index in [1.54, 1.807) is 0 Å². The van der Waals surface area contributed by atoms with E-state index in [1.165, 1.54) is 36.3 Å². The Morgan fingerprint density at radius 1 is 1.21 bits per heavy atom. The summed E-state index contributed by atoms with van der Waals surface area (Å²) >= 11 is 0. The first-order valence-corrected chi connectivity index (χ1v) is 7.43. The van der Waals surface area contributed by atoms with Gasteiger partial charge < -0.3 is 5.32 Å². The van der Waals surface area contributed by atoms with Gasteiger partial charge >= 0.3 is 0 Å². The van der Waals surface area contributed by atoms with E-state index in [0.717, 1.165) is 13.1 Å². The van der Waals surface area contributed by atoms with Gasteiger partial charge in [0.15, 0.2) is 0 Å². The third-order valence-electron chi connectivity index (χ3n) is 4.72. The van der Waals surface area contributed by atoms with Crippen molar-refractivity contribution < 1.29 is 0 Å². The molecule has 2 aliphatic heterocycles. The maximum absolute atomic E-state index is 3.43. The summed E-state index contributed by atoms with van der Waals surface area (Å²) in [5, 5.41) is 3.43. The zero-order chi connectivity index (χ0) is 13.4. The van der Waals surface area contributed by atoms with Crippen molar-refractivity contribution in [3.05, 3.63) is 29.3 Å². The summed E-state index contributed by atoms with van der Waals surface area (Å²) in [4.78, 5) is 5.09. The van der Waals surface area contributed by atoms with Gasteiger partial charge in [-0.3, -0.25) is 9.80 Å². The molecule has 104 valence electrons. The van der Waals surface area contributed by atoms with Crippen LogP contribution in [0.1, 0.15) is 25.0 Å². The number of piperazine rings is 1. The van der Waals surface area contributed by atoms with Crippen LogP contribution in [0.15, 0.2) is 18.2 Å². The van der Waals surface area contributed by atoms with Crippen LogP contribution in [0.4, 0.5) is 5.69 Å². The molecule has 1 saturated heterocycles. The Labute approximate surface area is 116 Å². The molecule has 0 aliphatic carbocycles. The van der Waals surface area contributed by atoms with E-state index in [9.17, 15) is 0 Å². The lowest BCUT2D eigenvalue weighted by atomic mass is 10.1. The van der Waals surface area contributed by atoms with E-state index < -0.39 is 0 Å². The van der Waals surface area contributed by atoms with Gasteiger partial charge in [0, 0.05) is 44.0 Å². The van der Waals surface area contributed by atoms with Crippen LogP contribution in [0.2, 0.25) is 0 Å². The summed E-state index contributed by atoms with van der Waals surface area (Å²) in [7, 11) is 2.24. The molecule has 0 spiro atoms. The van der Waals surface area contributed by atoms with Crippen LogP contribution in [0.25, 0.3) is 0 Å². The third-order valence-corrected chi connectivity index (χ3v) is 4.72. The van der Waals surface area contributed by atoms with Gasteiger partial charge in [-0.25, -0.2) is 0 Å². The Kier molecular flexibility index (Phi) is 3.50. The summed E-state index contributed by atoms with van der Waals surface area (Å²) in [6.45, 7) is 9.20. The number of hydrogen-bond acceptors (Lipinski definition) is 3. The topological polar surface area (TPSA) is 18.5 Å². The Bertz CT molecular complexity index is 445. The fraction of sp³-hybridized carbons (Fsp3) is 0.625. The summed E-state index contributed by atoms with van der Waals surface area (Å²) < 4.78 is 0. The highest BCUT2D eigenvalue weighted by Crippen LogP contribution is 2.24. The molecule has 3 heteroatoms. The number of hydrogen-bond donors (Lipinski definition) is 1. The number of likely N-dealkylation sites (N-methyl/N-ethyl adjacent to an activating group) is 1. The van der Waals surface area contributed by atoms with Crippen LogP contribution in [0.5, 0.6) is 0 Å². The van der Waals surface area contributed by atoms with Crippen LogP contribution in [-0.2, 0) is 13.0 Å². The van der Waals surface area contributed by atoms with Crippen molar-refractivity contribution in [1.82, 2.24) is 9.80 Å². The second kappa shape index (κ2) is 5.14. The first-order chi connectivity index (χ1) is 9.13. The molecule has 3 rings (SSSR count). The van der Waals surface area contributed by atoms with Crippen molar-refractivity contribution >= 4 is 5.69 Å². The lowest BCUT2D eigenvalue weighted by Gasteiger charge is -2.42. The lowest BCUT2D eigenvalue weighted by Crippen LogP contribution is -2.54. The number of rotatable bonds is 2. The van der Waals surface area contributed by atoms with Gasteiger partial charge in [0.2, 0.25) is 0 Å². The van der Waals surface area contributed by atoms with Crippen molar-refractivity contribution in [2.45, 2.75) is 38.9 Å². The van der Waals surface area contributed by atoms with E-state index in [-0.39, 0.29) is 0 Å². The predicted molar refractivity (Wildman–Crippen MR) is 80.6 cm³/mol. The second-order valence-electron chi connectivity index (χ2n) is 6.23. The maximum atomic E-state index is 3.43. The standard InChI is InChI=1S/C16H25N3/c1-12-9-19(10-13(2)18(12)3)11-14-4-5-16-15(8-14)6-7-17-16/h4-5,8,12-13,17H,6-7,9-11H2,1-3H3. The Morgan fingerprint density at radius 2 is 1.95 bits per heavy atom. The lowest BCUT2D eigenvalue weighted by molar-refractivity contribution is 0.0556. The summed E-state index contributed by atoms with van der Waals surface area (Å²) in [6.07, 6.45) is 1.18. The minimum atomic E-state index is 0.653. The van der Waals surface area contributed by atoms with Gasteiger partial charge in [-0.05, 0) is 44.5 Å². The number of nitrogens with zero attached hydrogens (tertiary/aromatic N) is 2. The molecule has 1 aromatic rings. The summed E-state index contributed by atoms with van der Waals surface area (Å²) in [6, 6.07) is 8.23. The number of benzene rings is 1. The SMILES string of the molecule is CC1CN(Cc2ccc3c(c2)CCN3)CC(C)N1C. The van der Waals surface area contributed by atoms with Crippen LogP contribution in [-0.4, -0.2) is 48.6 Å². The molecule has 3 nitrogen and oxygen atoms in total. The van der Waals surface area contributed by atoms with E-state index in [2.05, 4.69) is 54.2 Å². The Hall–Kier alpha value is -1.06. The first kappa shape index (κ1) is 12.9. The Balaban J connectivity index is 1.68. The van der Waals surface area contributed by atoms with Crippen LogP contribution in [0, 0.1) is 0 Å².